The summed E-state index contributed by atoms with van der Waals surface area (Å²) < 4.78 is 0. The molecule has 76 valence electrons. The number of rotatable bonds is 2. The zero-order valence-electron chi connectivity index (χ0n) is 9.09. The minimum Gasteiger partial charge on any atom is -0.319 e. The molecule has 0 saturated heterocycles. The van der Waals surface area contributed by atoms with Gasteiger partial charge in [-0.1, -0.05) is 17.9 Å². The van der Waals surface area contributed by atoms with Gasteiger partial charge in [-0.05, 0) is 31.7 Å². The molecule has 0 bridgehead atoms. The number of nitriles is 1. The maximum Gasteiger partial charge on any atom is 0.100 e. The minimum atomic E-state index is 0.651. The molecule has 1 aromatic carbocycles. The second-order valence-corrected chi connectivity index (χ2v) is 3.32. The maximum absolute atomic E-state index is 8.88. The molecule has 0 atom stereocenters. The molecule has 0 amide bonds. The highest BCUT2D eigenvalue weighted by molar-refractivity contribution is 5.49. The van der Waals surface area contributed by atoms with Crippen molar-refractivity contribution in [2.24, 2.45) is 0 Å². The molecule has 0 aliphatic rings. The second-order valence-electron chi connectivity index (χ2n) is 3.32. The van der Waals surface area contributed by atoms with Crippen LogP contribution in [0.5, 0.6) is 0 Å². The lowest BCUT2D eigenvalue weighted by atomic mass is 10.1. The molecular formula is C13H14N2. The van der Waals surface area contributed by atoms with Gasteiger partial charge in [-0.2, -0.15) is 5.26 Å². The van der Waals surface area contributed by atoms with E-state index in [0.717, 1.165) is 24.1 Å². The predicted octanol–water partition coefficient (Wildman–Crippen LogP) is 1.83. The molecule has 0 unspecified atom stereocenters. The van der Waals surface area contributed by atoms with Gasteiger partial charge >= 0.3 is 0 Å². The SMILES string of the molecule is CNCCC#Cc1cc(C)ccc1C#N. The van der Waals surface area contributed by atoms with E-state index in [9.17, 15) is 0 Å². The highest BCUT2D eigenvalue weighted by Crippen LogP contribution is 2.09. The molecule has 1 aromatic rings. The molecule has 15 heavy (non-hydrogen) atoms. The van der Waals surface area contributed by atoms with Crippen molar-refractivity contribution in [2.75, 3.05) is 13.6 Å². The third-order valence-electron chi connectivity index (χ3n) is 2.02. The average molecular weight is 198 g/mol. The summed E-state index contributed by atoms with van der Waals surface area (Å²) in [5.41, 5.74) is 2.61. The summed E-state index contributed by atoms with van der Waals surface area (Å²) in [5, 5.41) is 11.9. The van der Waals surface area contributed by atoms with Crippen LogP contribution in [-0.2, 0) is 0 Å². The number of benzene rings is 1. The first-order valence-corrected chi connectivity index (χ1v) is 4.92. The van der Waals surface area contributed by atoms with Crippen LogP contribution in [0, 0.1) is 30.1 Å². The Morgan fingerprint density at radius 3 is 2.80 bits per heavy atom. The maximum atomic E-state index is 8.88. The molecule has 0 fully saturated rings. The van der Waals surface area contributed by atoms with E-state index >= 15 is 0 Å². The highest BCUT2D eigenvalue weighted by atomic mass is 14.8. The van der Waals surface area contributed by atoms with Crippen LogP contribution in [0.25, 0.3) is 0 Å². The van der Waals surface area contributed by atoms with Crippen LogP contribution in [-0.4, -0.2) is 13.6 Å². The van der Waals surface area contributed by atoms with Crippen LogP contribution >= 0.6 is 0 Å². The molecule has 0 saturated carbocycles. The summed E-state index contributed by atoms with van der Waals surface area (Å²) in [4.78, 5) is 0. The second kappa shape index (κ2) is 5.86. The summed E-state index contributed by atoms with van der Waals surface area (Å²) >= 11 is 0. The van der Waals surface area contributed by atoms with Crippen molar-refractivity contribution < 1.29 is 0 Å². The van der Waals surface area contributed by atoms with E-state index < -0.39 is 0 Å². The molecule has 0 heterocycles. The van der Waals surface area contributed by atoms with Crippen LogP contribution in [0.15, 0.2) is 18.2 Å². The van der Waals surface area contributed by atoms with Gasteiger partial charge in [-0.15, -0.1) is 0 Å². The van der Waals surface area contributed by atoms with Crippen LogP contribution in [0.2, 0.25) is 0 Å². The van der Waals surface area contributed by atoms with Gasteiger partial charge in [0.1, 0.15) is 6.07 Å². The lowest BCUT2D eigenvalue weighted by molar-refractivity contribution is 0.818. The van der Waals surface area contributed by atoms with Gasteiger partial charge in [-0.25, -0.2) is 0 Å². The Morgan fingerprint density at radius 1 is 1.33 bits per heavy atom. The van der Waals surface area contributed by atoms with Crippen LogP contribution in [0.1, 0.15) is 23.1 Å². The lowest BCUT2D eigenvalue weighted by Gasteiger charge is -1.96. The molecule has 2 heteroatoms. The summed E-state index contributed by atoms with van der Waals surface area (Å²) in [7, 11) is 1.90. The Labute approximate surface area is 90.9 Å². The monoisotopic (exact) mass is 198 g/mol. The third-order valence-corrected chi connectivity index (χ3v) is 2.02. The van der Waals surface area contributed by atoms with Crippen molar-refractivity contribution >= 4 is 0 Å². The Morgan fingerprint density at radius 2 is 2.13 bits per heavy atom. The van der Waals surface area contributed by atoms with E-state index in [-0.39, 0.29) is 0 Å². The normalized spacial score (nSPS) is 8.87. The first-order chi connectivity index (χ1) is 7.27. The summed E-state index contributed by atoms with van der Waals surface area (Å²) in [5.74, 6) is 6.07. The van der Waals surface area contributed by atoms with E-state index in [4.69, 9.17) is 5.26 Å². The van der Waals surface area contributed by atoms with Crippen LogP contribution in [0.4, 0.5) is 0 Å². The van der Waals surface area contributed by atoms with Gasteiger partial charge in [0.25, 0.3) is 0 Å². The van der Waals surface area contributed by atoms with E-state index in [1.54, 1.807) is 0 Å². The van der Waals surface area contributed by atoms with E-state index in [0.29, 0.717) is 5.56 Å². The number of hydrogen-bond donors (Lipinski definition) is 1. The van der Waals surface area contributed by atoms with Gasteiger partial charge in [-0.3, -0.25) is 0 Å². The van der Waals surface area contributed by atoms with Crippen molar-refractivity contribution in [3.8, 4) is 17.9 Å². The first kappa shape index (κ1) is 11.3. The largest absolute Gasteiger partial charge is 0.319 e. The highest BCUT2D eigenvalue weighted by Gasteiger charge is 1.97. The van der Waals surface area contributed by atoms with Crippen molar-refractivity contribution in [1.29, 1.82) is 5.26 Å². The fourth-order valence-corrected chi connectivity index (χ4v) is 1.20. The number of hydrogen-bond acceptors (Lipinski definition) is 2. The van der Waals surface area contributed by atoms with Gasteiger partial charge < -0.3 is 5.32 Å². The Hall–Kier alpha value is -1.77. The average Bonchev–Trinajstić information content (AvgIpc) is 2.25. The fourth-order valence-electron chi connectivity index (χ4n) is 1.20. The summed E-state index contributed by atoms with van der Waals surface area (Å²) in [6.45, 7) is 2.88. The zero-order valence-corrected chi connectivity index (χ0v) is 9.09. The lowest BCUT2D eigenvalue weighted by Crippen LogP contribution is -2.05. The molecule has 0 aliphatic heterocycles. The van der Waals surface area contributed by atoms with E-state index in [2.05, 4.69) is 23.2 Å². The summed E-state index contributed by atoms with van der Waals surface area (Å²) in [6, 6.07) is 7.84. The summed E-state index contributed by atoms with van der Waals surface area (Å²) in [6.07, 6.45) is 0.801. The van der Waals surface area contributed by atoms with Crippen molar-refractivity contribution in [3.63, 3.8) is 0 Å². The van der Waals surface area contributed by atoms with Crippen molar-refractivity contribution in [3.05, 3.63) is 34.9 Å². The van der Waals surface area contributed by atoms with Crippen molar-refractivity contribution in [1.82, 2.24) is 5.32 Å². The Bertz CT molecular complexity index is 430. The molecule has 2 nitrogen and oxygen atoms in total. The molecule has 0 radical (unpaired) electrons. The third kappa shape index (κ3) is 3.46. The first-order valence-electron chi connectivity index (χ1n) is 4.92. The molecular weight excluding hydrogens is 184 g/mol. The molecule has 0 spiro atoms. The van der Waals surface area contributed by atoms with E-state index in [1.807, 2.05) is 32.2 Å². The molecule has 1 N–H and O–H groups in total. The topological polar surface area (TPSA) is 35.8 Å². The molecule has 1 rings (SSSR count). The minimum absolute atomic E-state index is 0.651. The van der Waals surface area contributed by atoms with E-state index in [1.165, 1.54) is 0 Å². The quantitative estimate of drug-likeness (QED) is 0.581. The smallest absolute Gasteiger partial charge is 0.100 e. The Kier molecular flexibility index (Phi) is 4.41. The van der Waals surface area contributed by atoms with Gasteiger partial charge in [0.2, 0.25) is 0 Å². The fraction of sp³-hybridized carbons (Fsp3) is 0.308. The molecule has 0 aliphatic carbocycles. The number of nitrogens with one attached hydrogen (secondary N) is 1. The number of aryl methyl sites for hydroxylation is 1. The predicted molar refractivity (Wildman–Crippen MR) is 61.3 cm³/mol. The van der Waals surface area contributed by atoms with Crippen LogP contribution in [0.3, 0.4) is 0 Å². The Balaban J connectivity index is 2.87. The molecule has 0 aromatic heterocycles. The van der Waals surface area contributed by atoms with Gasteiger partial charge in [0.05, 0.1) is 5.56 Å². The van der Waals surface area contributed by atoms with Gasteiger partial charge in [0, 0.05) is 18.5 Å². The standard InChI is InChI=1S/C13H14N2/c1-11-6-7-13(10-14)12(9-11)5-3-4-8-15-2/h6-7,9,15H,4,8H2,1-2H3. The zero-order chi connectivity index (χ0) is 11.1. The van der Waals surface area contributed by atoms with Gasteiger partial charge in [0.15, 0.2) is 0 Å². The van der Waals surface area contributed by atoms with Crippen molar-refractivity contribution in [2.45, 2.75) is 13.3 Å². The number of nitrogens with zero attached hydrogens (tertiary/aromatic N) is 1. The van der Waals surface area contributed by atoms with Crippen LogP contribution < -0.4 is 5.32 Å².